The van der Waals surface area contributed by atoms with Gasteiger partial charge in [-0.15, -0.1) is 0 Å². The van der Waals surface area contributed by atoms with Crippen molar-refractivity contribution in [3.63, 3.8) is 0 Å². The van der Waals surface area contributed by atoms with Crippen molar-refractivity contribution >= 4 is 5.91 Å². The lowest BCUT2D eigenvalue weighted by Crippen LogP contribution is -2.38. The number of aromatic nitrogens is 2. The molecule has 1 aliphatic carbocycles. The monoisotopic (exact) mass is 283 g/mol. The van der Waals surface area contributed by atoms with Crippen molar-refractivity contribution in [3.05, 3.63) is 53.3 Å². The molecule has 0 bridgehead atoms. The molecule has 3 rings (SSSR count). The molecule has 21 heavy (non-hydrogen) atoms. The average Bonchev–Trinajstić information content (AvgIpc) is 2.93. The number of carbonyl (C=O) groups excluding carboxylic acids is 1. The number of nitrogens with zero attached hydrogens (tertiary/aromatic N) is 2. The number of fused-ring (bicyclic) bond motifs is 1. The molecule has 2 aromatic rings. The van der Waals surface area contributed by atoms with Crippen LogP contribution in [0.5, 0.6) is 0 Å². The first kappa shape index (κ1) is 13.9. The van der Waals surface area contributed by atoms with E-state index in [2.05, 4.69) is 41.6 Å². The molecular formula is C17H21N3O. The van der Waals surface area contributed by atoms with Crippen molar-refractivity contribution in [1.82, 2.24) is 15.1 Å². The fourth-order valence-corrected chi connectivity index (χ4v) is 3.24. The Balaban J connectivity index is 1.74. The quantitative estimate of drug-likeness (QED) is 0.941. The summed E-state index contributed by atoms with van der Waals surface area (Å²) in [5.41, 5.74) is 3.44. The molecule has 1 aliphatic rings. The van der Waals surface area contributed by atoms with Gasteiger partial charge in [-0.2, -0.15) is 5.10 Å². The molecule has 4 nitrogen and oxygen atoms in total. The molecule has 0 fully saturated rings. The van der Waals surface area contributed by atoms with E-state index in [0.717, 1.165) is 12.8 Å². The fourth-order valence-electron chi connectivity index (χ4n) is 3.24. The molecule has 110 valence electrons. The highest BCUT2D eigenvalue weighted by atomic mass is 16.1. The van der Waals surface area contributed by atoms with Crippen LogP contribution in [0.4, 0.5) is 0 Å². The molecule has 1 N–H and O–H groups in total. The maximum absolute atomic E-state index is 12.3. The second-order valence-corrected chi connectivity index (χ2v) is 5.86. The molecule has 1 amide bonds. The number of hydrogen-bond acceptors (Lipinski definition) is 2. The van der Waals surface area contributed by atoms with Gasteiger partial charge < -0.3 is 5.32 Å². The van der Waals surface area contributed by atoms with Gasteiger partial charge >= 0.3 is 0 Å². The summed E-state index contributed by atoms with van der Waals surface area (Å²) in [5.74, 6) is 0.356. The number of hydrogen-bond donors (Lipinski definition) is 1. The minimum atomic E-state index is -0.0429. The van der Waals surface area contributed by atoms with Crippen LogP contribution in [0.2, 0.25) is 0 Å². The molecule has 0 saturated carbocycles. The van der Waals surface area contributed by atoms with Crippen LogP contribution in [-0.2, 0) is 13.5 Å². The minimum absolute atomic E-state index is 0.0429. The van der Waals surface area contributed by atoms with Crippen molar-refractivity contribution in [2.24, 2.45) is 7.05 Å². The summed E-state index contributed by atoms with van der Waals surface area (Å²) in [7, 11) is 1.82. The lowest BCUT2D eigenvalue weighted by molar-refractivity contribution is 0.0933. The number of rotatable bonds is 3. The van der Waals surface area contributed by atoms with Gasteiger partial charge in [-0.05, 0) is 37.3 Å². The highest BCUT2D eigenvalue weighted by Crippen LogP contribution is 2.33. The molecule has 0 spiro atoms. The standard InChI is InChI=1S/C17H21N3O/c1-12(19-17(21)14-10-18-20(2)11-14)15-9-5-7-13-6-3-4-8-16(13)15/h3-4,6,8,10-12,15H,5,7,9H2,1-2H3,(H,19,21). The highest BCUT2D eigenvalue weighted by molar-refractivity contribution is 5.93. The van der Waals surface area contributed by atoms with E-state index in [1.54, 1.807) is 17.1 Å². The van der Waals surface area contributed by atoms with Gasteiger partial charge in [0.1, 0.15) is 0 Å². The van der Waals surface area contributed by atoms with Gasteiger partial charge in [-0.3, -0.25) is 9.48 Å². The SMILES string of the molecule is CC(NC(=O)c1cnn(C)c1)C1CCCc2ccccc21. The van der Waals surface area contributed by atoms with E-state index >= 15 is 0 Å². The van der Waals surface area contributed by atoms with Gasteiger partial charge in [0.05, 0.1) is 11.8 Å². The van der Waals surface area contributed by atoms with E-state index < -0.39 is 0 Å². The van der Waals surface area contributed by atoms with E-state index in [1.807, 2.05) is 7.05 Å². The van der Waals surface area contributed by atoms with E-state index in [9.17, 15) is 4.79 Å². The van der Waals surface area contributed by atoms with Crippen LogP contribution in [0.25, 0.3) is 0 Å². The van der Waals surface area contributed by atoms with E-state index in [0.29, 0.717) is 11.5 Å². The molecule has 1 heterocycles. The van der Waals surface area contributed by atoms with Crippen molar-refractivity contribution < 1.29 is 4.79 Å². The lowest BCUT2D eigenvalue weighted by Gasteiger charge is -2.30. The number of amides is 1. The third-order valence-electron chi connectivity index (χ3n) is 4.35. The Morgan fingerprint density at radius 3 is 3.00 bits per heavy atom. The number of carbonyl (C=O) groups is 1. The Bertz CT molecular complexity index is 647. The van der Waals surface area contributed by atoms with E-state index in [1.165, 1.54) is 17.5 Å². The predicted octanol–water partition coefficient (Wildman–Crippen LogP) is 2.66. The highest BCUT2D eigenvalue weighted by Gasteiger charge is 2.26. The van der Waals surface area contributed by atoms with Crippen molar-refractivity contribution in [3.8, 4) is 0 Å². The summed E-state index contributed by atoms with van der Waals surface area (Å²) in [4.78, 5) is 12.3. The van der Waals surface area contributed by atoms with Gasteiger partial charge in [-0.1, -0.05) is 24.3 Å². The fraction of sp³-hybridized carbons (Fsp3) is 0.412. The topological polar surface area (TPSA) is 46.9 Å². The minimum Gasteiger partial charge on any atom is -0.349 e. The summed E-state index contributed by atoms with van der Waals surface area (Å²) in [6.07, 6.45) is 6.82. The zero-order valence-corrected chi connectivity index (χ0v) is 12.5. The normalized spacial score (nSPS) is 18.9. The van der Waals surface area contributed by atoms with Gasteiger partial charge in [0, 0.05) is 25.2 Å². The number of aryl methyl sites for hydroxylation is 2. The smallest absolute Gasteiger partial charge is 0.254 e. The Labute approximate surface area is 125 Å². The molecule has 4 heteroatoms. The molecule has 0 saturated heterocycles. The molecule has 0 radical (unpaired) electrons. The molecule has 1 aromatic carbocycles. The first-order valence-corrected chi connectivity index (χ1v) is 7.52. The second kappa shape index (κ2) is 5.72. The Kier molecular flexibility index (Phi) is 3.78. The van der Waals surface area contributed by atoms with Crippen LogP contribution >= 0.6 is 0 Å². The van der Waals surface area contributed by atoms with Crippen molar-refractivity contribution in [2.75, 3.05) is 0 Å². The zero-order valence-electron chi connectivity index (χ0n) is 12.5. The second-order valence-electron chi connectivity index (χ2n) is 5.86. The third-order valence-corrected chi connectivity index (χ3v) is 4.35. The van der Waals surface area contributed by atoms with Gasteiger partial charge in [0.2, 0.25) is 0 Å². The molecule has 1 aromatic heterocycles. The van der Waals surface area contributed by atoms with E-state index in [-0.39, 0.29) is 11.9 Å². The van der Waals surface area contributed by atoms with Crippen molar-refractivity contribution in [1.29, 1.82) is 0 Å². The molecular weight excluding hydrogens is 262 g/mol. The third kappa shape index (κ3) is 2.84. The van der Waals surface area contributed by atoms with E-state index in [4.69, 9.17) is 0 Å². The van der Waals surface area contributed by atoms with Gasteiger partial charge in [0.25, 0.3) is 5.91 Å². The molecule has 2 atom stereocenters. The first-order chi connectivity index (χ1) is 10.1. The van der Waals surface area contributed by atoms with Crippen LogP contribution in [0, 0.1) is 0 Å². The summed E-state index contributed by atoms with van der Waals surface area (Å²) in [6, 6.07) is 8.72. The lowest BCUT2D eigenvalue weighted by atomic mass is 9.79. The van der Waals surface area contributed by atoms with Crippen LogP contribution in [0.3, 0.4) is 0 Å². The Morgan fingerprint density at radius 1 is 1.43 bits per heavy atom. The van der Waals surface area contributed by atoms with Crippen LogP contribution in [0.1, 0.15) is 47.2 Å². The summed E-state index contributed by atoms with van der Waals surface area (Å²) in [5, 5.41) is 7.18. The van der Waals surface area contributed by atoms with Crippen LogP contribution in [0.15, 0.2) is 36.7 Å². The van der Waals surface area contributed by atoms with Gasteiger partial charge in [0.15, 0.2) is 0 Å². The predicted molar refractivity (Wildman–Crippen MR) is 82.3 cm³/mol. The Hall–Kier alpha value is -2.10. The van der Waals surface area contributed by atoms with Crippen LogP contribution in [-0.4, -0.2) is 21.7 Å². The zero-order chi connectivity index (χ0) is 14.8. The summed E-state index contributed by atoms with van der Waals surface area (Å²) < 4.78 is 1.65. The summed E-state index contributed by atoms with van der Waals surface area (Å²) in [6.45, 7) is 2.10. The van der Waals surface area contributed by atoms with Crippen molar-refractivity contribution in [2.45, 2.75) is 38.1 Å². The molecule has 2 unspecified atom stereocenters. The maximum Gasteiger partial charge on any atom is 0.254 e. The molecule has 0 aliphatic heterocycles. The number of benzene rings is 1. The van der Waals surface area contributed by atoms with Gasteiger partial charge in [-0.25, -0.2) is 0 Å². The largest absolute Gasteiger partial charge is 0.349 e. The number of nitrogens with one attached hydrogen (secondary N) is 1. The maximum atomic E-state index is 12.3. The van der Waals surface area contributed by atoms with Crippen LogP contribution < -0.4 is 5.32 Å². The summed E-state index contributed by atoms with van der Waals surface area (Å²) >= 11 is 0. The average molecular weight is 283 g/mol. The Morgan fingerprint density at radius 2 is 2.24 bits per heavy atom. The first-order valence-electron chi connectivity index (χ1n) is 7.52.